The lowest BCUT2D eigenvalue weighted by Gasteiger charge is -2.05. The zero-order valence-corrected chi connectivity index (χ0v) is 9.71. The van der Waals surface area contributed by atoms with Crippen molar-refractivity contribution < 1.29 is 5.11 Å². The molecule has 0 spiro atoms. The molecule has 0 saturated carbocycles. The minimum atomic E-state index is -0.159. The number of aliphatic hydroxyl groups excluding tert-OH is 1. The van der Waals surface area contributed by atoms with Crippen LogP contribution in [-0.2, 0) is 6.54 Å². The van der Waals surface area contributed by atoms with Gasteiger partial charge in [-0.25, -0.2) is 0 Å². The number of nitrogens with zero attached hydrogens (tertiary/aromatic N) is 2. The minimum Gasteiger partial charge on any atom is -0.384 e. The summed E-state index contributed by atoms with van der Waals surface area (Å²) < 4.78 is 1.57. The molecule has 2 aromatic rings. The lowest BCUT2D eigenvalue weighted by Crippen LogP contribution is -2.19. The Kier molecular flexibility index (Phi) is 3.90. The van der Waals surface area contributed by atoms with Crippen molar-refractivity contribution in [2.75, 3.05) is 6.61 Å². The fourth-order valence-electron chi connectivity index (χ4n) is 1.59. The summed E-state index contributed by atoms with van der Waals surface area (Å²) in [5, 5.41) is 8.64. The highest BCUT2D eigenvalue weighted by atomic mass is 16.2. The van der Waals surface area contributed by atoms with Crippen LogP contribution in [0.4, 0.5) is 0 Å². The topological polar surface area (TPSA) is 55.1 Å². The van der Waals surface area contributed by atoms with Gasteiger partial charge in [-0.1, -0.05) is 24.0 Å². The van der Waals surface area contributed by atoms with Crippen LogP contribution in [-0.4, -0.2) is 21.3 Å². The van der Waals surface area contributed by atoms with E-state index >= 15 is 0 Å². The van der Waals surface area contributed by atoms with E-state index in [0.717, 1.165) is 11.1 Å². The van der Waals surface area contributed by atoms with E-state index < -0.39 is 0 Å². The molecule has 1 N–H and O–H groups in total. The van der Waals surface area contributed by atoms with E-state index in [4.69, 9.17) is 5.11 Å². The molecule has 18 heavy (non-hydrogen) atoms. The van der Waals surface area contributed by atoms with Gasteiger partial charge in [0.05, 0.1) is 12.7 Å². The third-order valence-electron chi connectivity index (χ3n) is 2.39. The quantitative estimate of drug-likeness (QED) is 0.783. The zero-order chi connectivity index (χ0) is 12.8. The highest BCUT2D eigenvalue weighted by Gasteiger charge is 1.98. The predicted octanol–water partition coefficient (Wildman–Crippen LogP) is 0.635. The van der Waals surface area contributed by atoms with Gasteiger partial charge in [0.1, 0.15) is 6.61 Å². The molecule has 0 unspecified atom stereocenters. The molecule has 0 aliphatic carbocycles. The molecule has 0 atom stereocenters. The van der Waals surface area contributed by atoms with Crippen molar-refractivity contribution in [3.63, 3.8) is 0 Å². The van der Waals surface area contributed by atoms with E-state index in [9.17, 15) is 4.79 Å². The Balaban J connectivity index is 2.25. The van der Waals surface area contributed by atoms with Gasteiger partial charge in [0.2, 0.25) is 0 Å². The molecule has 0 amide bonds. The SMILES string of the molecule is O=c1cnccn1Cc1cccc(C#CCO)c1. The van der Waals surface area contributed by atoms with Crippen LogP contribution in [0, 0.1) is 11.8 Å². The molecule has 4 nitrogen and oxygen atoms in total. The molecule has 1 aromatic heterocycles. The van der Waals surface area contributed by atoms with Crippen LogP contribution >= 0.6 is 0 Å². The minimum absolute atomic E-state index is 0.135. The standard InChI is InChI=1S/C14H12N2O2/c17-8-2-5-12-3-1-4-13(9-12)11-16-7-6-15-10-14(16)18/h1,3-4,6-7,9-10,17H,8,11H2. The molecule has 0 fully saturated rings. The van der Waals surface area contributed by atoms with Crippen molar-refractivity contribution >= 4 is 0 Å². The molecule has 1 heterocycles. The summed E-state index contributed by atoms with van der Waals surface area (Å²) in [6.45, 7) is 0.323. The van der Waals surface area contributed by atoms with E-state index in [1.165, 1.54) is 6.20 Å². The predicted molar refractivity (Wildman–Crippen MR) is 68.0 cm³/mol. The second-order valence-corrected chi connectivity index (χ2v) is 3.70. The first-order valence-corrected chi connectivity index (χ1v) is 5.49. The van der Waals surface area contributed by atoms with Gasteiger partial charge in [-0.15, -0.1) is 0 Å². The van der Waals surface area contributed by atoms with Crippen LogP contribution in [0.3, 0.4) is 0 Å². The Morgan fingerprint density at radius 2 is 2.28 bits per heavy atom. The first kappa shape index (κ1) is 12.1. The molecule has 0 aliphatic rings. The summed E-state index contributed by atoms with van der Waals surface area (Å²) in [5.74, 6) is 5.43. The van der Waals surface area contributed by atoms with Crippen molar-refractivity contribution in [1.29, 1.82) is 0 Å². The lowest BCUT2D eigenvalue weighted by atomic mass is 10.1. The molecular weight excluding hydrogens is 228 g/mol. The van der Waals surface area contributed by atoms with Gasteiger partial charge in [-0.2, -0.15) is 0 Å². The number of rotatable bonds is 2. The zero-order valence-electron chi connectivity index (χ0n) is 9.71. The smallest absolute Gasteiger partial charge is 0.269 e. The Bertz CT molecular complexity index is 650. The number of hydrogen-bond donors (Lipinski definition) is 1. The summed E-state index contributed by atoms with van der Waals surface area (Å²) in [7, 11) is 0. The van der Waals surface area contributed by atoms with Gasteiger partial charge < -0.3 is 9.67 Å². The fraction of sp³-hybridized carbons (Fsp3) is 0.143. The van der Waals surface area contributed by atoms with Gasteiger partial charge in [0, 0.05) is 18.0 Å². The van der Waals surface area contributed by atoms with Crippen molar-refractivity contribution in [2.24, 2.45) is 0 Å². The Morgan fingerprint density at radius 1 is 1.39 bits per heavy atom. The van der Waals surface area contributed by atoms with E-state index in [0.29, 0.717) is 6.54 Å². The highest BCUT2D eigenvalue weighted by molar-refractivity contribution is 5.37. The summed E-state index contributed by atoms with van der Waals surface area (Å²) in [5.41, 5.74) is 1.67. The van der Waals surface area contributed by atoms with Crippen molar-refractivity contribution in [3.05, 3.63) is 64.3 Å². The van der Waals surface area contributed by atoms with Crippen molar-refractivity contribution in [1.82, 2.24) is 9.55 Å². The summed E-state index contributed by atoms with van der Waals surface area (Å²) in [4.78, 5) is 15.3. The number of aromatic nitrogens is 2. The highest BCUT2D eigenvalue weighted by Crippen LogP contribution is 2.05. The molecule has 90 valence electrons. The average molecular weight is 240 g/mol. The maximum absolute atomic E-state index is 11.5. The number of aliphatic hydroxyl groups is 1. The summed E-state index contributed by atoms with van der Waals surface area (Å²) in [6, 6.07) is 7.57. The monoisotopic (exact) mass is 240 g/mol. The number of hydrogen-bond acceptors (Lipinski definition) is 3. The van der Waals surface area contributed by atoms with E-state index in [-0.39, 0.29) is 12.2 Å². The van der Waals surface area contributed by atoms with Crippen LogP contribution in [0.25, 0.3) is 0 Å². The Labute approximate surface area is 105 Å². The van der Waals surface area contributed by atoms with E-state index in [1.54, 1.807) is 17.0 Å². The van der Waals surface area contributed by atoms with Crippen molar-refractivity contribution in [2.45, 2.75) is 6.54 Å². The lowest BCUT2D eigenvalue weighted by molar-refractivity contribution is 0.350. The molecule has 0 bridgehead atoms. The molecule has 1 aromatic carbocycles. The van der Waals surface area contributed by atoms with Crippen LogP contribution in [0.1, 0.15) is 11.1 Å². The largest absolute Gasteiger partial charge is 0.384 e. The number of benzene rings is 1. The van der Waals surface area contributed by atoms with E-state index in [1.807, 2.05) is 24.3 Å². The maximum Gasteiger partial charge on any atom is 0.269 e. The second kappa shape index (κ2) is 5.80. The van der Waals surface area contributed by atoms with Gasteiger partial charge in [-0.05, 0) is 17.7 Å². The first-order chi connectivity index (χ1) is 8.79. The van der Waals surface area contributed by atoms with Gasteiger partial charge in [0.15, 0.2) is 0 Å². The van der Waals surface area contributed by atoms with Crippen molar-refractivity contribution in [3.8, 4) is 11.8 Å². The maximum atomic E-state index is 11.5. The molecule has 0 radical (unpaired) electrons. The Morgan fingerprint density at radius 3 is 3.06 bits per heavy atom. The molecule has 0 saturated heterocycles. The molecule has 0 aliphatic heterocycles. The summed E-state index contributed by atoms with van der Waals surface area (Å²) in [6.07, 6.45) is 4.51. The Hall–Kier alpha value is -2.38. The van der Waals surface area contributed by atoms with Crippen LogP contribution in [0.5, 0.6) is 0 Å². The summed E-state index contributed by atoms with van der Waals surface area (Å²) >= 11 is 0. The average Bonchev–Trinajstić information content (AvgIpc) is 2.40. The normalized spacial score (nSPS) is 9.61. The third-order valence-corrected chi connectivity index (χ3v) is 2.39. The van der Waals surface area contributed by atoms with Crippen LogP contribution in [0.2, 0.25) is 0 Å². The van der Waals surface area contributed by atoms with Gasteiger partial charge in [0.25, 0.3) is 5.56 Å². The van der Waals surface area contributed by atoms with Gasteiger partial charge in [-0.3, -0.25) is 9.78 Å². The molecule has 4 heteroatoms. The van der Waals surface area contributed by atoms with Gasteiger partial charge >= 0.3 is 0 Å². The fourth-order valence-corrected chi connectivity index (χ4v) is 1.59. The molecule has 2 rings (SSSR count). The molecular formula is C14H12N2O2. The van der Waals surface area contributed by atoms with Crippen LogP contribution < -0.4 is 5.56 Å². The first-order valence-electron chi connectivity index (χ1n) is 5.49. The van der Waals surface area contributed by atoms with E-state index in [2.05, 4.69) is 16.8 Å². The third kappa shape index (κ3) is 3.06. The van der Waals surface area contributed by atoms with Crippen LogP contribution in [0.15, 0.2) is 47.7 Å². The second-order valence-electron chi connectivity index (χ2n) is 3.70.